The van der Waals surface area contributed by atoms with Crippen molar-refractivity contribution in [1.29, 1.82) is 5.26 Å². The molecular weight excluding hydrogens is 226 g/mol. The van der Waals surface area contributed by atoms with E-state index >= 15 is 0 Å². The molecule has 1 aliphatic heterocycles. The van der Waals surface area contributed by atoms with Crippen LogP contribution in [-0.4, -0.2) is 41.8 Å². The Morgan fingerprint density at radius 2 is 2.17 bits per heavy atom. The van der Waals surface area contributed by atoms with Gasteiger partial charge in [0.2, 0.25) is 0 Å². The lowest BCUT2D eigenvalue weighted by atomic mass is 9.94. The first-order valence-corrected chi connectivity index (χ1v) is 6.42. The van der Waals surface area contributed by atoms with Crippen LogP contribution >= 0.6 is 0 Å². The molecule has 1 aromatic rings. The van der Waals surface area contributed by atoms with Crippen LogP contribution < -0.4 is 5.32 Å². The zero-order valence-corrected chi connectivity index (χ0v) is 10.8. The first-order valence-electron chi connectivity index (χ1n) is 6.42. The summed E-state index contributed by atoms with van der Waals surface area (Å²) in [6.07, 6.45) is 2.80. The summed E-state index contributed by atoms with van der Waals surface area (Å²) in [4.78, 5) is 2.35. The minimum atomic E-state index is 0.485. The van der Waals surface area contributed by atoms with Crippen LogP contribution in [0.4, 0.5) is 5.82 Å². The molecule has 18 heavy (non-hydrogen) atoms. The Hall–Kier alpha value is -1.67. The number of anilines is 1. The van der Waals surface area contributed by atoms with Crippen molar-refractivity contribution in [3.8, 4) is 6.07 Å². The standard InChI is InChI=1S/C13H19N5/c1-18-9-5-11(6-10-18)12-3-4-13(17-16-12)15-8-2-7-14/h3-4,11H,2,5-6,8-10H2,1H3,(H,15,17). The predicted molar refractivity (Wildman–Crippen MR) is 70.2 cm³/mol. The summed E-state index contributed by atoms with van der Waals surface area (Å²) < 4.78 is 0. The molecule has 5 heteroatoms. The van der Waals surface area contributed by atoms with Crippen LogP contribution in [0.1, 0.15) is 30.9 Å². The van der Waals surface area contributed by atoms with Crippen molar-refractivity contribution in [2.45, 2.75) is 25.2 Å². The quantitative estimate of drug-likeness (QED) is 0.816. The Kier molecular flexibility index (Phi) is 4.48. The highest BCUT2D eigenvalue weighted by Crippen LogP contribution is 2.25. The van der Waals surface area contributed by atoms with Crippen LogP contribution in [0.15, 0.2) is 12.1 Å². The minimum absolute atomic E-state index is 0.485. The number of nitrogens with zero attached hydrogens (tertiary/aromatic N) is 4. The minimum Gasteiger partial charge on any atom is -0.368 e. The molecule has 1 N–H and O–H groups in total. The molecule has 0 saturated carbocycles. The SMILES string of the molecule is CN1CCC(c2ccc(NCCC#N)nn2)CC1. The zero-order valence-electron chi connectivity index (χ0n) is 10.8. The first kappa shape index (κ1) is 12.8. The molecule has 1 saturated heterocycles. The average Bonchev–Trinajstić information content (AvgIpc) is 2.41. The highest BCUT2D eigenvalue weighted by Gasteiger charge is 2.19. The van der Waals surface area contributed by atoms with Crippen molar-refractivity contribution in [3.63, 3.8) is 0 Å². The third-order valence-electron chi connectivity index (χ3n) is 3.36. The smallest absolute Gasteiger partial charge is 0.148 e. The van der Waals surface area contributed by atoms with Crippen molar-refractivity contribution in [2.75, 3.05) is 32.0 Å². The van der Waals surface area contributed by atoms with Gasteiger partial charge < -0.3 is 10.2 Å². The molecule has 2 heterocycles. The number of nitriles is 1. The Morgan fingerprint density at radius 1 is 1.39 bits per heavy atom. The fourth-order valence-electron chi connectivity index (χ4n) is 2.21. The zero-order chi connectivity index (χ0) is 12.8. The van der Waals surface area contributed by atoms with Crippen LogP contribution in [-0.2, 0) is 0 Å². The van der Waals surface area contributed by atoms with Gasteiger partial charge in [-0.1, -0.05) is 0 Å². The van der Waals surface area contributed by atoms with Gasteiger partial charge in [0.05, 0.1) is 18.2 Å². The maximum Gasteiger partial charge on any atom is 0.148 e. The monoisotopic (exact) mass is 245 g/mol. The molecule has 0 radical (unpaired) electrons. The van der Waals surface area contributed by atoms with E-state index < -0.39 is 0 Å². The summed E-state index contributed by atoms with van der Waals surface area (Å²) in [5.41, 5.74) is 1.09. The van der Waals surface area contributed by atoms with E-state index in [2.05, 4.69) is 39.6 Å². The number of hydrogen-bond donors (Lipinski definition) is 1. The molecule has 0 amide bonds. The normalized spacial score (nSPS) is 17.3. The van der Waals surface area contributed by atoms with E-state index in [-0.39, 0.29) is 0 Å². The van der Waals surface area contributed by atoms with E-state index in [1.54, 1.807) is 0 Å². The second-order valence-electron chi connectivity index (χ2n) is 4.76. The van der Waals surface area contributed by atoms with Gasteiger partial charge in [-0.3, -0.25) is 0 Å². The lowest BCUT2D eigenvalue weighted by molar-refractivity contribution is 0.253. The lowest BCUT2D eigenvalue weighted by Crippen LogP contribution is -2.29. The Labute approximate surface area is 108 Å². The second-order valence-corrected chi connectivity index (χ2v) is 4.76. The first-order chi connectivity index (χ1) is 8.79. The van der Waals surface area contributed by atoms with Gasteiger partial charge in [-0.2, -0.15) is 10.4 Å². The van der Waals surface area contributed by atoms with E-state index in [4.69, 9.17) is 5.26 Å². The molecular formula is C13H19N5. The van der Waals surface area contributed by atoms with E-state index in [0.29, 0.717) is 18.9 Å². The van der Waals surface area contributed by atoms with Crippen molar-refractivity contribution in [2.24, 2.45) is 0 Å². The number of likely N-dealkylation sites (tertiary alicyclic amines) is 1. The Morgan fingerprint density at radius 3 is 2.78 bits per heavy atom. The molecule has 0 spiro atoms. The lowest BCUT2D eigenvalue weighted by Gasteiger charge is -2.28. The molecule has 0 bridgehead atoms. The van der Waals surface area contributed by atoms with E-state index in [1.807, 2.05) is 6.07 Å². The summed E-state index contributed by atoms with van der Waals surface area (Å²) in [5, 5.41) is 20.0. The van der Waals surface area contributed by atoms with Gasteiger partial charge >= 0.3 is 0 Å². The van der Waals surface area contributed by atoms with Gasteiger partial charge in [0, 0.05) is 12.5 Å². The van der Waals surface area contributed by atoms with Crippen LogP contribution in [0.3, 0.4) is 0 Å². The van der Waals surface area contributed by atoms with Crippen molar-refractivity contribution >= 4 is 5.82 Å². The summed E-state index contributed by atoms with van der Waals surface area (Å²) in [7, 11) is 2.16. The Bertz CT molecular complexity index is 400. The third-order valence-corrected chi connectivity index (χ3v) is 3.36. The van der Waals surface area contributed by atoms with Gasteiger partial charge in [-0.05, 0) is 45.1 Å². The van der Waals surface area contributed by atoms with Gasteiger partial charge in [-0.25, -0.2) is 0 Å². The molecule has 1 aromatic heterocycles. The van der Waals surface area contributed by atoms with Crippen LogP contribution in [0, 0.1) is 11.3 Å². The fraction of sp³-hybridized carbons (Fsp3) is 0.615. The molecule has 2 rings (SSSR count). The molecule has 0 atom stereocenters. The third kappa shape index (κ3) is 3.41. The maximum absolute atomic E-state index is 8.45. The Balaban J connectivity index is 1.89. The summed E-state index contributed by atoms with van der Waals surface area (Å²) in [6, 6.07) is 6.10. The number of nitrogens with one attached hydrogen (secondary N) is 1. The second kappa shape index (κ2) is 6.31. The highest BCUT2D eigenvalue weighted by molar-refractivity contribution is 5.33. The predicted octanol–water partition coefficient (Wildman–Crippen LogP) is 1.61. The molecule has 1 aliphatic rings. The van der Waals surface area contributed by atoms with Crippen LogP contribution in [0.2, 0.25) is 0 Å². The summed E-state index contributed by atoms with van der Waals surface area (Å²) in [6.45, 7) is 2.89. The number of aromatic nitrogens is 2. The van der Waals surface area contributed by atoms with E-state index in [1.165, 1.54) is 0 Å². The van der Waals surface area contributed by atoms with Gasteiger partial charge in [0.1, 0.15) is 5.82 Å². The number of hydrogen-bond acceptors (Lipinski definition) is 5. The fourth-order valence-corrected chi connectivity index (χ4v) is 2.21. The van der Waals surface area contributed by atoms with Crippen molar-refractivity contribution in [3.05, 3.63) is 17.8 Å². The largest absolute Gasteiger partial charge is 0.368 e. The van der Waals surface area contributed by atoms with Crippen molar-refractivity contribution in [1.82, 2.24) is 15.1 Å². The van der Waals surface area contributed by atoms with E-state index in [0.717, 1.165) is 37.4 Å². The average molecular weight is 245 g/mol. The molecule has 1 fully saturated rings. The maximum atomic E-state index is 8.45. The van der Waals surface area contributed by atoms with Gasteiger partial charge in [0.15, 0.2) is 0 Å². The van der Waals surface area contributed by atoms with E-state index in [9.17, 15) is 0 Å². The number of piperidine rings is 1. The topological polar surface area (TPSA) is 64.8 Å². The summed E-state index contributed by atoms with van der Waals surface area (Å²) in [5.74, 6) is 1.30. The molecule has 5 nitrogen and oxygen atoms in total. The molecule has 96 valence electrons. The van der Waals surface area contributed by atoms with Crippen LogP contribution in [0.25, 0.3) is 0 Å². The summed E-state index contributed by atoms with van der Waals surface area (Å²) >= 11 is 0. The van der Waals surface area contributed by atoms with Gasteiger partial charge in [-0.15, -0.1) is 5.10 Å². The van der Waals surface area contributed by atoms with Gasteiger partial charge in [0.25, 0.3) is 0 Å². The number of rotatable bonds is 4. The molecule has 0 aliphatic carbocycles. The molecule has 0 aromatic carbocycles. The van der Waals surface area contributed by atoms with Crippen molar-refractivity contribution < 1.29 is 0 Å². The highest BCUT2D eigenvalue weighted by atomic mass is 15.2. The molecule has 0 unspecified atom stereocenters. The van der Waals surface area contributed by atoms with Crippen LogP contribution in [0.5, 0.6) is 0 Å².